The molecule has 110 valence electrons. The molecule has 0 aromatic carbocycles. The summed E-state index contributed by atoms with van der Waals surface area (Å²) in [6.45, 7) is -0.336. The largest absolute Gasteiger partial charge is 0.433 e. The Morgan fingerprint density at radius 1 is 1.50 bits per heavy atom. The summed E-state index contributed by atoms with van der Waals surface area (Å²) >= 11 is 0. The molecular weight excluding hydrogens is 268 g/mol. The van der Waals surface area contributed by atoms with E-state index in [9.17, 15) is 13.6 Å². The van der Waals surface area contributed by atoms with Gasteiger partial charge in [0.05, 0.1) is 12.1 Å². The molecule has 0 bridgehead atoms. The molecule has 2 N–H and O–H groups in total. The van der Waals surface area contributed by atoms with Gasteiger partial charge in [0.15, 0.2) is 0 Å². The Morgan fingerprint density at radius 2 is 2.25 bits per heavy atom. The molecule has 0 spiro atoms. The van der Waals surface area contributed by atoms with E-state index in [1.165, 1.54) is 12.3 Å². The third-order valence-corrected chi connectivity index (χ3v) is 3.52. The van der Waals surface area contributed by atoms with Gasteiger partial charge in [0.1, 0.15) is 11.6 Å². The fraction of sp³-hybridized carbons (Fsp3) is 0.538. The number of ether oxygens (including phenoxy) is 1. The SMILES string of the molecule is C[C@H]1CC[C@@H](C(N)=O)CN1c1ccc(OC(F)F)cn1. The summed E-state index contributed by atoms with van der Waals surface area (Å²) in [5.41, 5.74) is 5.34. The number of hydrogen-bond donors (Lipinski definition) is 1. The molecule has 0 radical (unpaired) electrons. The quantitative estimate of drug-likeness (QED) is 0.915. The fourth-order valence-electron chi connectivity index (χ4n) is 2.37. The molecule has 2 atom stereocenters. The van der Waals surface area contributed by atoms with Crippen LogP contribution in [0.1, 0.15) is 19.8 Å². The summed E-state index contributed by atoms with van der Waals surface area (Å²) in [7, 11) is 0. The van der Waals surface area contributed by atoms with E-state index in [4.69, 9.17) is 5.73 Å². The van der Waals surface area contributed by atoms with Crippen molar-refractivity contribution in [1.29, 1.82) is 0 Å². The number of aromatic nitrogens is 1. The van der Waals surface area contributed by atoms with Crippen LogP contribution in [0.5, 0.6) is 5.75 Å². The van der Waals surface area contributed by atoms with Crippen LogP contribution in [-0.2, 0) is 4.79 Å². The minimum atomic E-state index is -2.86. The molecule has 20 heavy (non-hydrogen) atoms. The Labute approximate surface area is 115 Å². The molecular formula is C13H17F2N3O2. The van der Waals surface area contributed by atoms with Gasteiger partial charge in [-0.3, -0.25) is 4.79 Å². The van der Waals surface area contributed by atoms with Crippen molar-refractivity contribution in [2.24, 2.45) is 11.7 Å². The van der Waals surface area contributed by atoms with Gasteiger partial charge in [0, 0.05) is 12.6 Å². The standard InChI is InChI=1S/C13H17F2N3O2/c1-8-2-3-9(12(16)19)7-18(8)11-5-4-10(6-17-11)20-13(14)15/h4-6,8-9,13H,2-3,7H2,1H3,(H2,16,19)/t8-,9+/m0/s1. The number of amides is 1. The van der Waals surface area contributed by atoms with Crippen molar-refractivity contribution in [3.63, 3.8) is 0 Å². The number of alkyl halides is 2. The van der Waals surface area contributed by atoms with Gasteiger partial charge in [-0.1, -0.05) is 0 Å². The van der Waals surface area contributed by atoms with Gasteiger partial charge < -0.3 is 15.4 Å². The number of nitrogens with zero attached hydrogens (tertiary/aromatic N) is 2. The maximum Gasteiger partial charge on any atom is 0.387 e. The average Bonchev–Trinajstić information content (AvgIpc) is 2.39. The topological polar surface area (TPSA) is 68.5 Å². The number of carbonyl (C=O) groups is 1. The summed E-state index contributed by atoms with van der Waals surface area (Å²) in [6.07, 6.45) is 2.85. The van der Waals surface area contributed by atoms with E-state index >= 15 is 0 Å². The first-order valence-electron chi connectivity index (χ1n) is 6.44. The summed E-state index contributed by atoms with van der Waals surface area (Å²) in [6, 6.07) is 3.27. The molecule has 1 saturated heterocycles. The third-order valence-electron chi connectivity index (χ3n) is 3.52. The summed E-state index contributed by atoms with van der Waals surface area (Å²) < 4.78 is 28.4. The summed E-state index contributed by atoms with van der Waals surface area (Å²) in [4.78, 5) is 17.4. The number of hydrogen-bond acceptors (Lipinski definition) is 4. The summed E-state index contributed by atoms with van der Waals surface area (Å²) in [5, 5.41) is 0. The van der Waals surface area contributed by atoms with Gasteiger partial charge in [0.25, 0.3) is 0 Å². The number of carbonyl (C=O) groups excluding carboxylic acids is 1. The van der Waals surface area contributed by atoms with Crippen molar-refractivity contribution in [2.45, 2.75) is 32.4 Å². The van der Waals surface area contributed by atoms with Crippen LogP contribution in [-0.4, -0.2) is 30.1 Å². The van der Waals surface area contributed by atoms with Crippen LogP contribution in [0.4, 0.5) is 14.6 Å². The van der Waals surface area contributed by atoms with E-state index in [1.807, 2.05) is 11.8 Å². The summed E-state index contributed by atoms with van der Waals surface area (Å²) in [5.74, 6) is 0.120. The maximum absolute atomic E-state index is 12.1. The fourth-order valence-corrected chi connectivity index (χ4v) is 2.37. The van der Waals surface area contributed by atoms with Crippen molar-refractivity contribution in [3.05, 3.63) is 18.3 Å². The molecule has 2 rings (SSSR count). The normalized spacial score (nSPS) is 22.9. The van der Waals surface area contributed by atoms with Crippen molar-refractivity contribution in [1.82, 2.24) is 4.98 Å². The maximum atomic E-state index is 12.1. The van der Waals surface area contributed by atoms with Gasteiger partial charge in [-0.25, -0.2) is 4.98 Å². The minimum absolute atomic E-state index is 0.0138. The highest BCUT2D eigenvalue weighted by Crippen LogP contribution is 2.27. The number of primary amides is 1. The Bertz CT molecular complexity index is 467. The van der Waals surface area contributed by atoms with Crippen LogP contribution in [0.15, 0.2) is 18.3 Å². The van der Waals surface area contributed by atoms with Gasteiger partial charge >= 0.3 is 6.61 Å². The van der Waals surface area contributed by atoms with E-state index in [0.29, 0.717) is 12.4 Å². The predicted molar refractivity (Wildman–Crippen MR) is 69.6 cm³/mol. The van der Waals surface area contributed by atoms with Crippen molar-refractivity contribution in [3.8, 4) is 5.75 Å². The molecule has 0 saturated carbocycles. The first kappa shape index (κ1) is 14.5. The average molecular weight is 285 g/mol. The second-order valence-electron chi connectivity index (χ2n) is 4.91. The molecule has 7 heteroatoms. The molecule has 1 aliphatic rings. The van der Waals surface area contributed by atoms with Crippen LogP contribution in [0.25, 0.3) is 0 Å². The third kappa shape index (κ3) is 3.34. The zero-order chi connectivity index (χ0) is 14.7. The van der Waals surface area contributed by atoms with Gasteiger partial charge in [-0.05, 0) is 31.9 Å². The molecule has 2 heterocycles. The Morgan fingerprint density at radius 3 is 2.80 bits per heavy atom. The predicted octanol–water partition coefficient (Wildman–Crippen LogP) is 1.77. The van der Waals surface area contributed by atoms with Crippen LogP contribution < -0.4 is 15.4 Å². The molecule has 1 aromatic rings. The van der Waals surface area contributed by atoms with Crippen LogP contribution in [0, 0.1) is 5.92 Å². The molecule has 1 fully saturated rings. The number of pyridine rings is 1. The number of nitrogens with two attached hydrogens (primary N) is 1. The molecule has 1 aromatic heterocycles. The first-order chi connectivity index (χ1) is 9.47. The number of halogens is 2. The highest BCUT2D eigenvalue weighted by Gasteiger charge is 2.29. The second kappa shape index (κ2) is 6.02. The number of piperidine rings is 1. The lowest BCUT2D eigenvalue weighted by molar-refractivity contribution is -0.122. The highest BCUT2D eigenvalue weighted by molar-refractivity contribution is 5.77. The van der Waals surface area contributed by atoms with Crippen LogP contribution >= 0.6 is 0 Å². The smallest absolute Gasteiger partial charge is 0.387 e. The highest BCUT2D eigenvalue weighted by atomic mass is 19.3. The minimum Gasteiger partial charge on any atom is -0.433 e. The number of rotatable bonds is 4. The van der Waals surface area contributed by atoms with Gasteiger partial charge in [-0.2, -0.15) is 8.78 Å². The Kier molecular flexibility index (Phi) is 4.36. The second-order valence-corrected chi connectivity index (χ2v) is 4.91. The van der Waals surface area contributed by atoms with E-state index in [0.717, 1.165) is 12.8 Å². The molecule has 0 unspecified atom stereocenters. The zero-order valence-electron chi connectivity index (χ0n) is 11.1. The molecule has 1 amide bonds. The van der Waals surface area contributed by atoms with Crippen molar-refractivity contribution >= 4 is 11.7 Å². The number of anilines is 1. The van der Waals surface area contributed by atoms with Crippen LogP contribution in [0.2, 0.25) is 0 Å². The Hall–Kier alpha value is -1.92. The Balaban J connectivity index is 2.10. The van der Waals surface area contributed by atoms with Crippen molar-refractivity contribution < 1.29 is 18.3 Å². The van der Waals surface area contributed by atoms with E-state index in [1.54, 1.807) is 6.07 Å². The van der Waals surface area contributed by atoms with Crippen LogP contribution in [0.3, 0.4) is 0 Å². The zero-order valence-corrected chi connectivity index (χ0v) is 11.1. The van der Waals surface area contributed by atoms with Gasteiger partial charge in [0.2, 0.25) is 5.91 Å². The lowest BCUT2D eigenvalue weighted by atomic mass is 9.93. The monoisotopic (exact) mass is 285 g/mol. The van der Waals surface area contributed by atoms with Gasteiger partial charge in [-0.15, -0.1) is 0 Å². The van der Waals surface area contributed by atoms with E-state index in [2.05, 4.69) is 9.72 Å². The molecule has 1 aliphatic heterocycles. The molecule has 0 aliphatic carbocycles. The molecule has 5 nitrogen and oxygen atoms in total. The van der Waals surface area contributed by atoms with Crippen molar-refractivity contribution in [2.75, 3.05) is 11.4 Å². The van der Waals surface area contributed by atoms with E-state index in [-0.39, 0.29) is 23.6 Å². The lowest BCUT2D eigenvalue weighted by Crippen LogP contribution is -2.46. The first-order valence-corrected chi connectivity index (χ1v) is 6.44. The van der Waals surface area contributed by atoms with E-state index < -0.39 is 6.61 Å². The lowest BCUT2D eigenvalue weighted by Gasteiger charge is -2.37.